The summed E-state index contributed by atoms with van der Waals surface area (Å²) >= 11 is 15.4. The number of nitrogens with one attached hydrogen (secondary N) is 9. The first-order valence-corrected chi connectivity index (χ1v) is 39.0. The number of carbonyl (C=O) groups excluding carboxylic acids is 10. The molecule has 7 aromatic rings. The molecule has 0 aliphatic carbocycles. The molecule has 7 aliphatic heterocycles. The normalized spacial score (nSPS) is 23.6. The highest BCUT2D eigenvalue weighted by Crippen LogP contribution is 2.50. The number of phenols is 3. The first-order chi connectivity index (χ1) is 57.5. The lowest BCUT2D eigenvalue weighted by molar-refractivity contribution is -0.275. The number of hydrogen-bond donors (Lipinski definition) is 20. The van der Waals surface area contributed by atoms with Crippen molar-refractivity contribution in [3.8, 4) is 57.1 Å². The van der Waals surface area contributed by atoms with Gasteiger partial charge in [-0.2, -0.15) is 0 Å². The predicted octanol–water partition coefficient (Wildman–Crippen LogP) is 0.647. The fourth-order valence-corrected chi connectivity index (χ4v) is 15.5. The van der Waals surface area contributed by atoms with Gasteiger partial charge < -0.3 is 124 Å². The van der Waals surface area contributed by atoms with E-state index < -0.39 is 271 Å². The molecule has 121 heavy (non-hydrogen) atoms. The molecule has 11 bridgehead atoms. The van der Waals surface area contributed by atoms with Crippen LogP contribution in [0.4, 0.5) is 0 Å². The third kappa shape index (κ3) is 19.3. The van der Waals surface area contributed by atoms with E-state index in [0.29, 0.717) is 11.3 Å². The summed E-state index contributed by atoms with van der Waals surface area (Å²) in [5, 5.41) is 144. The molecule has 40 nitrogen and oxygen atoms in total. The minimum Gasteiger partial charge on any atom is -0.508 e. The van der Waals surface area contributed by atoms with E-state index in [1.807, 2.05) is 0 Å². The van der Waals surface area contributed by atoms with Gasteiger partial charge in [0.1, 0.15) is 107 Å². The first kappa shape index (κ1) is 87.6. The first-order valence-electron chi connectivity index (χ1n) is 37.1. The highest BCUT2D eigenvalue weighted by molar-refractivity contribution is 7.99. The van der Waals surface area contributed by atoms with Crippen molar-refractivity contribution < 1.29 is 128 Å². The number of fused-ring (bicyclic) bond motifs is 15. The number of nitrogens with zero attached hydrogens (tertiary/aromatic N) is 4. The summed E-state index contributed by atoms with van der Waals surface area (Å²) in [5.74, 6) is -20.5. The lowest BCUT2D eigenvalue weighted by Gasteiger charge is -2.40. The van der Waals surface area contributed by atoms with Crippen molar-refractivity contribution in [2.45, 2.75) is 131 Å². The zero-order valence-electron chi connectivity index (χ0n) is 64.0. The number of halogens is 2. The minimum atomic E-state index is -2.41. The molecule has 1 fully saturated rings. The number of ether oxygens (including phenoxy) is 4. The highest BCUT2D eigenvalue weighted by Gasteiger charge is 2.48. The molecule has 0 saturated carbocycles. The molecule has 10 amide bonds. The Morgan fingerprint density at radius 3 is 1.96 bits per heavy atom. The number of likely N-dealkylation sites (N-methyl/N-ethyl adjacent to an activating group) is 1. The lowest BCUT2D eigenvalue weighted by Crippen LogP contribution is -2.60. The second kappa shape index (κ2) is 36.9. The summed E-state index contributed by atoms with van der Waals surface area (Å²) in [5.41, 5.74) is 2.57. The van der Waals surface area contributed by atoms with Gasteiger partial charge in [-0.1, -0.05) is 90.8 Å². The van der Waals surface area contributed by atoms with E-state index in [0.717, 1.165) is 88.6 Å². The van der Waals surface area contributed by atoms with Gasteiger partial charge >= 0.3 is 11.9 Å². The average molecular weight is 1730 g/mol. The minimum absolute atomic E-state index is 0.0185. The van der Waals surface area contributed by atoms with Crippen LogP contribution in [0.3, 0.4) is 0 Å². The van der Waals surface area contributed by atoms with Gasteiger partial charge in [-0.25, -0.2) is 14.3 Å². The van der Waals surface area contributed by atoms with Gasteiger partial charge in [0.2, 0.25) is 65.2 Å². The quantitative estimate of drug-likeness (QED) is 0.0528. The predicted molar refractivity (Wildman–Crippen MR) is 420 cm³/mol. The molecule has 638 valence electrons. The van der Waals surface area contributed by atoms with Gasteiger partial charge in [0.15, 0.2) is 23.2 Å². The van der Waals surface area contributed by atoms with Gasteiger partial charge in [0.25, 0.3) is 5.91 Å². The average Bonchev–Trinajstić information content (AvgIpc) is 0.957. The Labute approximate surface area is 699 Å². The van der Waals surface area contributed by atoms with Crippen molar-refractivity contribution in [3.63, 3.8) is 0 Å². The summed E-state index contributed by atoms with van der Waals surface area (Å²) < 4.78 is 26.9. The van der Waals surface area contributed by atoms with Crippen LogP contribution in [0, 0.1) is 5.92 Å². The third-order valence-electron chi connectivity index (χ3n) is 20.2. The van der Waals surface area contributed by atoms with Gasteiger partial charge in [-0.15, -0.1) is 16.9 Å². The molecule has 7 aliphatic rings. The van der Waals surface area contributed by atoms with Gasteiger partial charge in [-0.3, -0.25) is 52.8 Å². The monoisotopic (exact) mass is 1730 g/mol. The second-order valence-electron chi connectivity index (χ2n) is 29.1. The third-order valence-corrected chi connectivity index (χ3v) is 21.8. The van der Waals surface area contributed by atoms with Crippen molar-refractivity contribution in [2.24, 2.45) is 11.7 Å². The lowest BCUT2D eigenvalue weighted by atomic mass is 9.89. The summed E-state index contributed by atoms with van der Waals surface area (Å²) in [4.78, 5) is 172. The molecule has 15 atom stereocenters. The van der Waals surface area contributed by atoms with Crippen molar-refractivity contribution in [1.82, 2.24) is 67.7 Å². The molecule has 6 aromatic carbocycles. The van der Waals surface area contributed by atoms with Crippen LogP contribution in [0.5, 0.6) is 46.0 Å². The molecule has 0 radical (unpaired) electrons. The van der Waals surface area contributed by atoms with Crippen LogP contribution in [0.1, 0.15) is 114 Å². The number of aliphatic carboxylic acids is 2. The molecule has 14 rings (SSSR count). The van der Waals surface area contributed by atoms with E-state index in [9.17, 15) is 94.2 Å². The smallest absolute Gasteiger partial charge is 0.352 e. The van der Waals surface area contributed by atoms with Crippen molar-refractivity contribution in [3.05, 3.63) is 176 Å². The van der Waals surface area contributed by atoms with Crippen molar-refractivity contribution >= 4 is 106 Å². The Kier molecular flexibility index (Phi) is 26.7. The van der Waals surface area contributed by atoms with Crippen LogP contribution >= 0.6 is 35.0 Å². The number of aliphatic hydroxyl groups excluding tert-OH is 5. The van der Waals surface area contributed by atoms with Gasteiger partial charge in [0, 0.05) is 28.5 Å². The molecule has 8 heterocycles. The van der Waals surface area contributed by atoms with Gasteiger partial charge in [0.05, 0.1) is 47.7 Å². The summed E-state index contributed by atoms with van der Waals surface area (Å²) in [6, 6.07) is 4.74. The molecular formula is C78H80Cl2N14O26S. The number of amides is 10. The SMILES string of the molecule is CN[C@H](CC(C)C)C(=O)N[C@H]1C(=O)N[C@@H](CC(N)=O)C(=O)N[C@H]2C(=O)N[C@H]3C(=O)N[C@H](C(=O)N[C@H](C(=O)O)c4cc(O)cc(O)c4-c4cc3ccc4O)[C@H](O)c3ccc(c(Cl)c3)Oc3cc2cc(c3O[C@@H]2O[C@H](Cn3cc(C(=O)NC(C(=O)NCC(=O)N4CSCC(C)=C4C(=O)O)c4ccccc4)nn3)[C@@H](O)[C@H](O)[C@H]2O)Oc2ccc(cc2Cl)[C@H]1O. The molecule has 0 spiro atoms. The summed E-state index contributed by atoms with van der Waals surface area (Å²) in [7, 11) is 1.45. The summed E-state index contributed by atoms with van der Waals surface area (Å²) in [6.45, 7) is 3.80. The number of carboxylic acid groups (broad SMARTS) is 2. The number of aliphatic hydroxyl groups is 5. The van der Waals surface area contributed by atoms with Crippen LogP contribution in [0.15, 0.2) is 127 Å². The maximum atomic E-state index is 16.1. The molecule has 21 N–H and O–H groups in total. The Hall–Kier alpha value is -12.7. The Morgan fingerprint density at radius 1 is 0.694 bits per heavy atom. The van der Waals surface area contributed by atoms with Gasteiger partial charge in [-0.05, 0) is 114 Å². The number of aromatic hydroxyl groups is 3. The maximum absolute atomic E-state index is 16.1. The van der Waals surface area contributed by atoms with E-state index in [-0.39, 0.29) is 40.6 Å². The number of hydrogen-bond acceptors (Lipinski definition) is 28. The van der Waals surface area contributed by atoms with E-state index in [1.54, 1.807) is 39.0 Å². The number of phenolic OH excluding ortho intramolecular Hbond substituents is 3. The second-order valence-corrected chi connectivity index (χ2v) is 30.9. The number of rotatable bonds is 19. The number of nitrogens with two attached hydrogens (primary N) is 1. The van der Waals surface area contributed by atoms with E-state index >= 15 is 14.4 Å². The molecule has 1 saturated heterocycles. The number of benzene rings is 6. The van der Waals surface area contributed by atoms with E-state index in [4.69, 9.17) is 47.9 Å². The Morgan fingerprint density at radius 2 is 1.33 bits per heavy atom. The van der Waals surface area contributed by atoms with Crippen LogP contribution in [0.2, 0.25) is 10.0 Å². The van der Waals surface area contributed by atoms with Crippen LogP contribution in [-0.4, -0.2) is 222 Å². The topological polar surface area (TPSA) is 612 Å². The zero-order valence-corrected chi connectivity index (χ0v) is 66.3. The molecular weight excluding hydrogens is 1650 g/mol. The maximum Gasteiger partial charge on any atom is 0.352 e. The zero-order chi connectivity index (χ0) is 87.4. The fraction of sp³-hybridized carbons (Fsp3) is 0.333. The number of thioether (sulfide) groups is 1. The van der Waals surface area contributed by atoms with E-state index in [1.165, 1.54) is 37.0 Å². The van der Waals surface area contributed by atoms with Crippen molar-refractivity contribution in [1.29, 1.82) is 0 Å². The standard InChI is InChI=1S/C78H80Cl2N14O26S/c1-30(2)16-42(82-4)68(105)89-59-62(100)34-11-14-47(40(79)18-34)117-49-20-36-21-50(67(49)120-78-66(104)65(103)64(102)51(119-78)27-93-26-44(91-92-93)70(107)85-55(32-8-6-5-7-9-32)71(108)83-25-53(99)94-29-121-28-31(3)61(94)77(115)116)118-48-15-12-35(19-41(48)80)63(101)60-75(112)88-58(76(113)114)39-22-37(95)23-46(97)54(39)38-17-33(10-13-45(38)96)56(72(109)90-60)87-73(110)57(36)86-69(106)43(24-52(81)98)84-74(59)111/h5-15,17-23,26,30,42-43,51,55-60,62-66,78,82,95-97,100-104H,16,24-25,27-29H2,1-4H3,(H2,81,98)(H,83,108)(H,84,111)(H,85,107)(H,86,106)(H,87,110)(H,88,112)(H,89,105)(H,90,109)(H,113,114)(H,115,116)/t42-,43+,51-,55?,56-,57-,58+,59-,60+,62-,63-,64-,65+,66-,78+/m1/s1. The Balaban J connectivity index is 0.978. The Bertz CT molecular complexity index is 5330. The fourth-order valence-electron chi connectivity index (χ4n) is 14.1. The van der Waals surface area contributed by atoms with Crippen molar-refractivity contribution in [2.75, 3.05) is 25.2 Å². The molecule has 43 heteroatoms. The van der Waals surface area contributed by atoms with E-state index in [2.05, 4.69) is 58.2 Å². The van der Waals surface area contributed by atoms with Crippen LogP contribution in [-0.2, 0) is 64.0 Å². The highest BCUT2D eigenvalue weighted by atomic mass is 35.5. The van der Waals surface area contributed by atoms with Crippen LogP contribution < -0.4 is 67.8 Å². The number of carboxylic acids is 2. The molecule has 1 unspecified atom stereocenters. The molecule has 1 aromatic heterocycles. The number of carbonyl (C=O) groups is 12. The largest absolute Gasteiger partial charge is 0.508 e. The number of primary amides is 1. The number of aromatic nitrogens is 3. The summed E-state index contributed by atoms with van der Waals surface area (Å²) in [6.07, 6.45) is -14.9. The van der Waals surface area contributed by atoms with Crippen LogP contribution in [0.25, 0.3) is 11.1 Å².